The molecule has 0 fully saturated rings. The molecule has 0 saturated heterocycles. The maximum Gasteiger partial charge on any atom is 0.277 e. The molecule has 0 bridgehead atoms. The Kier molecular flexibility index (Phi) is 7.95. The molecule has 11 heteroatoms. The lowest BCUT2D eigenvalue weighted by Gasteiger charge is -2.11. The van der Waals surface area contributed by atoms with Gasteiger partial charge in [0, 0.05) is 5.56 Å². The van der Waals surface area contributed by atoms with Crippen LogP contribution >= 0.6 is 63.7 Å². The number of ether oxygens (including phenoxy) is 2. The standard InChI is InChI=1S/C16H12Br4N2O5/c1-26-8-3-10(18)16(11(19)4-8)27-6-12(23)22-21-5-7-2-9(17)15(25)13(20)14(7)24/h2-5,24-25H,6H2,1H3,(H,22,23)/b21-5-. The van der Waals surface area contributed by atoms with Gasteiger partial charge in [0.15, 0.2) is 6.61 Å². The molecule has 2 rings (SSSR count). The lowest BCUT2D eigenvalue weighted by atomic mass is 10.2. The minimum Gasteiger partial charge on any atom is -0.506 e. The Hall–Kier alpha value is -1.30. The average molecular weight is 632 g/mol. The Morgan fingerprint density at radius 3 is 2.33 bits per heavy atom. The third kappa shape index (κ3) is 5.59. The Morgan fingerprint density at radius 2 is 1.74 bits per heavy atom. The summed E-state index contributed by atoms with van der Waals surface area (Å²) in [5, 5.41) is 23.4. The topological polar surface area (TPSA) is 100 Å². The van der Waals surface area contributed by atoms with Crippen molar-refractivity contribution in [3.8, 4) is 23.0 Å². The van der Waals surface area contributed by atoms with Crippen molar-refractivity contribution in [2.24, 2.45) is 5.10 Å². The Balaban J connectivity index is 1.99. The van der Waals surface area contributed by atoms with Gasteiger partial charge in [-0.15, -0.1) is 0 Å². The summed E-state index contributed by atoms with van der Waals surface area (Å²) in [4.78, 5) is 11.9. The predicted octanol–water partition coefficient (Wildman–Crippen LogP) is 4.69. The fraction of sp³-hybridized carbons (Fsp3) is 0.125. The quantitative estimate of drug-likeness (QED) is 0.318. The van der Waals surface area contributed by atoms with Crippen molar-refractivity contribution in [2.45, 2.75) is 0 Å². The van der Waals surface area contributed by atoms with Gasteiger partial charge in [-0.05, 0) is 81.9 Å². The number of amides is 1. The molecule has 0 radical (unpaired) electrons. The van der Waals surface area contributed by atoms with E-state index in [2.05, 4.69) is 74.2 Å². The van der Waals surface area contributed by atoms with Crippen molar-refractivity contribution in [1.29, 1.82) is 0 Å². The molecule has 2 aromatic rings. The van der Waals surface area contributed by atoms with Gasteiger partial charge in [0.25, 0.3) is 5.91 Å². The maximum atomic E-state index is 11.9. The number of benzene rings is 2. The molecule has 0 saturated carbocycles. The lowest BCUT2D eigenvalue weighted by Crippen LogP contribution is -2.24. The number of rotatable bonds is 6. The Labute approximate surface area is 188 Å². The number of phenols is 2. The minimum absolute atomic E-state index is 0.113. The van der Waals surface area contributed by atoms with Gasteiger partial charge in [-0.1, -0.05) is 0 Å². The van der Waals surface area contributed by atoms with Crippen molar-refractivity contribution in [3.05, 3.63) is 41.7 Å². The molecule has 7 nitrogen and oxygen atoms in total. The van der Waals surface area contributed by atoms with Crippen LogP contribution in [0.5, 0.6) is 23.0 Å². The third-order valence-corrected chi connectivity index (χ3v) is 5.68. The second kappa shape index (κ2) is 9.76. The number of hydrazone groups is 1. The monoisotopic (exact) mass is 628 g/mol. The molecule has 0 aliphatic rings. The van der Waals surface area contributed by atoms with E-state index in [9.17, 15) is 15.0 Å². The number of nitrogens with one attached hydrogen (secondary N) is 1. The zero-order valence-corrected chi connectivity index (χ0v) is 19.9. The number of phenolic OH excluding ortho intramolecular Hbond substituents is 2. The van der Waals surface area contributed by atoms with Gasteiger partial charge in [0.1, 0.15) is 27.5 Å². The van der Waals surface area contributed by atoms with E-state index in [1.807, 2.05) is 0 Å². The molecule has 0 heterocycles. The fourth-order valence-corrected chi connectivity index (χ4v) is 4.38. The van der Waals surface area contributed by atoms with Crippen LogP contribution in [-0.4, -0.2) is 36.1 Å². The van der Waals surface area contributed by atoms with Crippen LogP contribution < -0.4 is 14.9 Å². The van der Waals surface area contributed by atoms with Gasteiger partial charge in [-0.3, -0.25) is 4.79 Å². The molecule has 144 valence electrons. The van der Waals surface area contributed by atoms with Crippen LogP contribution in [0.3, 0.4) is 0 Å². The fourth-order valence-electron chi connectivity index (χ4n) is 1.85. The molecule has 0 atom stereocenters. The first kappa shape index (κ1) is 22.0. The number of nitrogens with zero attached hydrogens (tertiary/aromatic N) is 1. The summed E-state index contributed by atoms with van der Waals surface area (Å²) in [6.45, 7) is -0.282. The van der Waals surface area contributed by atoms with E-state index in [1.54, 1.807) is 19.2 Å². The van der Waals surface area contributed by atoms with Gasteiger partial charge in [0.2, 0.25) is 0 Å². The van der Waals surface area contributed by atoms with Crippen molar-refractivity contribution in [3.63, 3.8) is 0 Å². The molecule has 0 aliphatic heterocycles. The summed E-state index contributed by atoms with van der Waals surface area (Å²) < 4.78 is 12.3. The van der Waals surface area contributed by atoms with Gasteiger partial charge < -0.3 is 19.7 Å². The van der Waals surface area contributed by atoms with E-state index in [0.29, 0.717) is 24.9 Å². The smallest absolute Gasteiger partial charge is 0.277 e. The summed E-state index contributed by atoms with van der Waals surface area (Å²) in [5.74, 6) is 0.214. The SMILES string of the molecule is COc1cc(Br)c(OCC(=O)N/N=C\c2cc(Br)c(O)c(Br)c2O)c(Br)c1. The van der Waals surface area contributed by atoms with E-state index >= 15 is 0 Å². The highest BCUT2D eigenvalue weighted by molar-refractivity contribution is 9.11. The number of hydrogen-bond acceptors (Lipinski definition) is 6. The van der Waals surface area contributed by atoms with Crippen LogP contribution in [0.4, 0.5) is 0 Å². The number of carbonyl (C=O) groups is 1. The number of aromatic hydroxyl groups is 2. The first-order valence-electron chi connectivity index (χ1n) is 7.12. The number of methoxy groups -OCH3 is 1. The summed E-state index contributed by atoms with van der Waals surface area (Å²) in [6, 6.07) is 4.87. The third-order valence-electron chi connectivity index (χ3n) is 3.15. The largest absolute Gasteiger partial charge is 0.506 e. The Morgan fingerprint density at radius 1 is 1.11 bits per heavy atom. The normalized spacial score (nSPS) is 10.9. The molecular formula is C16H12Br4N2O5. The summed E-state index contributed by atoms with van der Waals surface area (Å²) in [7, 11) is 1.54. The first-order valence-corrected chi connectivity index (χ1v) is 10.3. The minimum atomic E-state index is -0.503. The van der Waals surface area contributed by atoms with Crippen LogP contribution in [0, 0.1) is 0 Å². The van der Waals surface area contributed by atoms with Crippen LogP contribution in [0.2, 0.25) is 0 Å². The summed E-state index contributed by atoms with van der Waals surface area (Å²) in [6.07, 6.45) is 1.24. The van der Waals surface area contributed by atoms with Crippen molar-refractivity contribution < 1.29 is 24.5 Å². The molecule has 0 unspecified atom stereocenters. The van der Waals surface area contributed by atoms with Crippen LogP contribution in [0.1, 0.15) is 5.56 Å². The van der Waals surface area contributed by atoms with Gasteiger partial charge in [0.05, 0.1) is 26.7 Å². The second-order valence-corrected chi connectivity index (χ2v) is 8.32. The van der Waals surface area contributed by atoms with Gasteiger partial charge in [-0.2, -0.15) is 5.10 Å². The molecule has 1 amide bonds. The second-order valence-electron chi connectivity index (χ2n) is 4.96. The van der Waals surface area contributed by atoms with E-state index < -0.39 is 5.91 Å². The number of halogens is 4. The molecule has 27 heavy (non-hydrogen) atoms. The molecule has 0 aliphatic carbocycles. The van der Waals surface area contributed by atoms with Crippen molar-refractivity contribution >= 4 is 75.8 Å². The van der Waals surface area contributed by atoms with Gasteiger partial charge >= 0.3 is 0 Å². The summed E-state index contributed by atoms with van der Waals surface area (Å²) >= 11 is 12.9. The highest BCUT2D eigenvalue weighted by atomic mass is 79.9. The van der Waals surface area contributed by atoms with Crippen molar-refractivity contribution in [2.75, 3.05) is 13.7 Å². The molecule has 3 N–H and O–H groups in total. The van der Waals surface area contributed by atoms with Crippen LogP contribution in [-0.2, 0) is 4.79 Å². The first-order chi connectivity index (χ1) is 12.7. The van der Waals surface area contributed by atoms with Crippen LogP contribution in [0.25, 0.3) is 0 Å². The highest BCUT2D eigenvalue weighted by Gasteiger charge is 2.13. The van der Waals surface area contributed by atoms with Gasteiger partial charge in [-0.25, -0.2) is 5.43 Å². The van der Waals surface area contributed by atoms with E-state index in [0.717, 1.165) is 0 Å². The maximum absolute atomic E-state index is 11.9. The van der Waals surface area contributed by atoms with E-state index in [-0.39, 0.29) is 28.1 Å². The predicted molar refractivity (Wildman–Crippen MR) is 115 cm³/mol. The highest BCUT2D eigenvalue weighted by Crippen LogP contribution is 2.40. The lowest BCUT2D eigenvalue weighted by molar-refractivity contribution is -0.123. The van der Waals surface area contributed by atoms with Crippen LogP contribution in [0.15, 0.2) is 41.2 Å². The molecule has 2 aromatic carbocycles. The Bertz CT molecular complexity index is 882. The zero-order valence-electron chi connectivity index (χ0n) is 13.6. The molecular weight excluding hydrogens is 620 g/mol. The zero-order chi connectivity index (χ0) is 20.1. The number of carbonyl (C=O) groups excluding carboxylic acids is 1. The molecule has 0 spiro atoms. The average Bonchev–Trinajstić information content (AvgIpc) is 2.63. The summed E-state index contributed by atoms with van der Waals surface area (Å²) in [5.41, 5.74) is 2.58. The molecule has 0 aromatic heterocycles. The van der Waals surface area contributed by atoms with Crippen molar-refractivity contribution in [1.82, 2.24) is 5.43 Å². The van der Waals surface area contributed by atoms with E-state index in [1.165, 1.54) is 12.3 Å². The number of hydrogen-bond donors (Lipinski definition) is 3. The van der Waals surface area contributed by atoms with E-state index in [4.69, 9.17) is 9.47 Å².